The number of pyridine rings is 1. The SMILES string of the molecule is CCC(C(=O)O)n1/c(=N/C(=O)c2ccncc2)sc2ccccc21. The van der Waals surface area contributed by atoms with Gasteiger partial charge < -0.3 is 9.67 Å². The molecule has 0 aliphatic rings. The van der Waals surface area contributed by atoms with Crippen LogP contribution < -0.4 is 4.80 Å². The lowest BCUT2D eigenvalue weighted by molar-refractivity contribution is -0.140. The van der Waals surface area contributed by atoms with Gasteiger partial charge in [-0.3, -0.25) is 9.78 Å². The fourth-order valence-corrected chi connectivity index (χ4v) is 3.55. The standard InChI is InChI=1S/C17H15N3O3S/c1-2-12(16(22)23)20-13-5-3-4-6-14(13)24-17(20)19-15(21)11-7-9-18-10-8-11/h3-10,12H,2H2,1H3,(H,22,23)/b19-17-. The Labute approximate surface area is 141 Å². The lowest BCUT2D eigenvalue weighted by Crippen LogP contribution is -2.27. The minimum atomic E-state index is -0.945. The number of amides is 1. The van der Waals surface area contributed by atoms with Gasteiger partial charge in [-0.05, 0) is 30.7 Å². The maximum absolute atomic E-state index is 12.4. The molecule has 0 bridgehead atoms. The van der Waals surface area contributed by atoms with E-state index in [2.05, 4.69) is 9.98 Å². The number of carboxylic acids is 1. The normalized spacial score (nSPS) is 13.1. The number of para-hydroxylation sites is 1. The molecule has 7 heteroatoms. The minimum absolute atomic E-state index is 0.382. The molecule has 1 aromatic carbocycles. The number of fused-ring (bicyclic) bond motifs is 1. The fraction of sp³-hybridized carbons (Fsp3) is 0.176. The van der Waals surface area contributed by atoms with Gasteiger partial charge in [0.25, 0.3) is 5.91 Å². The van der Waals surface area contributed by atoms with Crippen molar-refractivity contribution in [2.24, 2.45) is 4.99 Å². The molecule has 122 valence electrons. The van der Waals surface area contributed by atoms with Crippen LogP contribution >= 0.6 is 11.3 Å². The minimum Gasteiger partial charge on any atom is -0.480 e. The molecule has 0 aliphatic heterocycles. The van der Waals surface area contributed by atoms with Crippen LogP contribution in [-0.2, 0) is 4.79 Å². The molecule has 24 heavy (non-hydrogen) atoms. The lowest BCUT2D eigenvalue weighted by Gasteiger charge is -2.13. The lowest BCUT2D eigenvalue weighted by atomic mass is 10.2. The third-order valence-corrected chi connectivity index (χ3v) is 4.68. The van der Waals surface area contributed by atoms with Gasteiger partial charge in [0.15, 0.2) is 4.80 Å². The van der Waals surface area contributed by atoms with Crippen LogP contribution in [0.4, 0.5) is 0 Å². The van der Waals surface area contributed by atoms with E-state index in [1.54, 1.807) is 23.6 Å². The third-order valence-electron chi connectivity index (χ3n) is 3.64. The Morgan fingerprint density at radius 1 is 1.25 bits per heavy atom. The van der Waals surface area contributed by atoms with E-state index < -0.39 is 17.9 Å². The van der Waals surface area contributed by atoms with Crippen molar-refractivity contribution in [3.8, 4) is 0 Å². The Hall–Kier alpha value is -2.80. The van der Waals surface area contributed by atoms with Gasteiger partial charge in [-0.15, -0.1) is 0 Å². The highest BCUT2D eigenvalue weighted by Crippen LogP contribution is 2.22. The summed E-state index contributed by atoms with van der Waals surface area (Å²) in [5, 5.41) is 9.53. The molecule has 1 unspecified atom stereocenters. The average Bonchev–Trinajstić information content (AvgIpc) is 2.94. The van der Waals surface area contributed by atoms with Crippen LogP contribution in [-0.4, -0.2) is 26.5 Å². The molecule has 6 nitrogen and oxygen atoms in total. The summed E-state index contributed by atoms with van der Waals surface area (Å²) in [7, 11) is 0. The first-order chi connectivity index (χ1) is 11.6. The van der Waals surface area contributed by atoms with E-state index >= 15 is 0 Å². The Morgan fingerprint density at radius 2 is 1.96 bits per heavy atom. The quantitative estimate of drug-likeness (QED) is 0.791. The van der Waals surface area contributed by atoms with Crippen LogP contribution in [0.15, 0.2) is 53.8 Å². The second-order valence-corrected chi connectivity index (χ2v) is 6.15. The van der Waals surface area contributed by atoms with E-state index in [1.807, 2.05) is 24.3 Å². The molecular formula is C17H15N3O3S. The van der Waals surface area contributed by atoms with Gasteiger partial charge in [-0.1, -0.05) is 30.4 Å². The number of thiazole rings is 1. The molecule has 0 saturated carbocycles. The first-order valence-electron chi connectivity index (χ1n) is 7.43. The molecule has 3 aromatic rings. The molecule has 3 rings (SSSR count). The van der Waals surface area contributed by atoms with Gasteiger partial charge in [0.1, 0.15) is 6.04 Å². The monoisotopic (exact) mass is 341 g/mol. The van der Waals surface area contributed by atoms with Crippen LogP contribution in [0.2, 0.25) is 0 Å². The second-order valence-electron chi connectivity index (χ2n) is 5.14. The number of rotatable bonds is 4. The zero-order valence-corrected chi connectivity index (χ0v) is 13.7. The number of carbonyl (C=O) groups is 2. The van der Waals surface area contributed by atoms with Crippen molar-refractivity contribution in [2.75, 3.05) is 0 Å². The van der Waals surface area contributed by atoms with E-state index in [0.717, 1.165) is 10.2 Å². The summed E-state index contributed by atoms with van der Waals surface area (Å²) in [6.07, 6.45) is 3.44. The molecule has 0 fully saturated rings. The van der Waals surface area contributed by atoms with Crippen molar-refractivity contribution in [3.05, 3.63) is 59.2 Å². The van der Waals surface area contributed by atoms with Crippen LogP contribution in [0.3, 0.4) is 0 Å². The molecule has 1 amide bonds. The number of hydrogen-bond acceptors (Lipinski definition) is 4. The Balaban J connectivity index is 2.22. The zero-order valence-electron chi connectivity index (χ0n) is 12.9. The maximum Gasteiger partial charge on any atom is 0.326 e. The van der Waals surface area contributed by atoms with E-state index in [0.29, 0.717) is 16.8 Å². The highest BCUT2D eigenvalue weighted by atomic mass is 32.1. The summed E-state index contributed by atoms with van der Waals surface area (Å²) < 4.78 is 2.51. The predicted octanol–water partition coefficient (Wildman–Crippen LogP) is 2.87. The molecule has 0 spiro atoms. The second kappa shape index (κ2) is 6.76. The molecule has 2 heterocycles. The van der Waals surface area contributed by atoms with Crippen LogP contribution in [0, 0.1) is 0 Å². The van der Waals surface area contributed by atoms with Crippen molar-refractivity contribution in [1.29, 1.82) is 0 Å². The first kappa shape index (κ1) is 16.1. The van der Waals surface area contributed by atoms with Crippen LogP contribution in [0.25, 0.3) is 10.2 Å². The number of carboxylic acid groups (broad SMARTS) is 1. The number of aromatic nitrogens is 2. The number of aliphatic carboxylic acids is 1. The van der Waals surface area contributed by atoms with E-state index in [9.17, 15) is 14.7 Å². The average molecular weight is 341 g/mol. The van der Waals surface area contributed by atoms with E-state index in [-0.39, 0.29) is 0 Å². The number of carbonyl (C=O) groups excluding carboxylic acids is 1. The molecule has 2 aromatic heterocycles. The topological polar surface area (TPSA) is 84.5 Å². The summed E-state index contributed by atoms with van der Waals surface area (Å²) in [6.45, 7) is 1.80. The summed E-state index contributed by atoms with van der Waals surface area (Å²) in [4.78, 5) is 32.4. The predicted molar refractivity (Wildman–Crippen MR) is 90.9 cm³/mol. The van der Waals surface area contributed by atoms with Crippen molar-refractivity contribution in [1.82, 2.24) is 9.55 Å². The summed E-state index contributed by atoms with van der Waals surface area (Å²) in [5.74, 6) is -1.36. The first-order valence-corrected chi connectivity index (χ1v) is 8.25. The molecule has 0 radical (unpaired) electrons. The van der Waals surface area contributed by atoms with Crippen molar-refractivity contribution < 1.29 is 14.7 Å². The van der Waals surface area contributed by atoms with Gasteiger partial charge in [0.05, 0.1) is 10.2 Å². The summed E-state index contributed by atoms with van der Waals surface area (Å²) in [6, 6.07) is 9.84. The van der Waals surface area contributed by atoms with Crippen molar-refractivity contribution >= 4 is 33.4 Å². The van der Waals surface area contributed by atoms with Gasteiger partial charge in [-0.25, -0.2) is 4.79 Å². The van der Waals surface area contributed by atoms with E-state index in [4.69, 9.17) is 0 Å². The van der Waals surface area contributed by atoms with Gasteiger partial charge >= 0.3 is 5.97 Å². The molecule has 1 atom stereocenters. The number of hydrogen-bond donors (Lipinski definition) is 1. The van der Waals surface area contributed by atoms with Gasteiger partial charge in [0, 0.05) is 18.0 Å². The molecular weight excluding hydrogens is 326 g/mol. The number of benzene rings is 1. The largest absolute Gasteiger partial charge is 0.480 e. The fourth-order valence-electron chi connectivity index (χ4n) is 2.48. The van der Waals surface area contributed by atoms with Crippen molar-refractivity contribution in [3.63, 3.8) is 0 Å². The Kier molecular flexibility index (Phi) is 4.52. The third kappa shape index (κ3) is 2.98. The Morgan fingerprint density at radius 3 is 2.62 bits per heavy atom. The molecule has 0 saturated heterocycles. The summed E-state index contributed by atoms with van der Waals surface area (Å²) >= 11 is 1.30. The number of nitrogens with zero attached hydrogens (tertiary/aromatic N) is 3. The highest BCUT2D eigenvalue weighted by Gasteiger charge is 2.21. The highest BCUT2D eigenvalue weighted by molar-refractivity contribution is 7.16. The zero-order chi connectivity index (χ0) is 17.1. The molecule has 1 N–H and O–H groups in total. The van der Waals surface area contributed by atoms with E-state index in [1.165, 1.54) is 23.7 Å². The van der Waals surface area contributed by atoms with Crippen LogP contribution in [0.5, 0.6) is 0 Å². The van der Waals surface area contributed by atoms with Crippen LogP contribution in [0.1, 0.15) is 29.7 Å². The maximum atomic E-state index is 12.4. The van der Waals surface area contributed by atoms with Gasteiger partial charge in [0.2, 0.25) is 0 Å². The molecule has 0 aliphatic carbocycles. The smallest absolute Gasteiger partial charge is 0.326 e. The van der Waals surface area contributed by atoms with Crippen molar-refractivity contribution in [2.45, 2.75) is 19.4 Å². The van der Waals surface area contributed by atoms with Gasteiger partial charge in [-0.2, -0.15) is 4.99 Å². The summed E-state index contributed by atoms with van der Waals surface area (Å²) in [5.41, 5.74) is 1.18. The Bertz CT molecular complexity index is 960.